The Hall–Kier alpha value is -3.12. The third-order valence-corrected chi connectivity index (χ3v) is 6.90. The number of carbonyl (C=O) groups is 1. The maximum atomic E-state index is 13.4. The first kappa shape index (κ1) is 20.8. The van der Waals surface area contributed by atoms with Gasteiger partial charge in [0.05, 0.1) is 18.1 Å². The van der Waals surface area contributed by atoms with Gasteiger partial charge in [0.25, 0.3) is 0 Å². The van der Waals surface area contributed by atoms with Crippen LogP contribution in [0.1, 0.15) is 41.3 Å². The zero-order valence-electron chi connectivity index (χ0n) is 18.7. The van der Waals surface area contributed by atoms with Crippen molar-refractivity contribution in [3.8, 4) is 0 Å². The largest absolute Gasteiger partial charge is 0.338 e. The SMILES string of the molecule is Cn1cncc1CN1CCC(N2C(=O)NCCc3ccccc3C2c2ccccc2)CC1. The standard InChI is InChI=1S/C26H31N5O/c1-29-19-27-17-23(29)18-30-15-12-22(13-16-30)31-25(21-8-3-2-4-9-21)24-10-6-5-7-20(24)11-14-28-26(31)32/h2-10,17,19,22,25H,11-16,18H2,1H3,(H,28,32). The predicted octanol–water partition coefficient (Wildman–Crippen LogP) is 3.74. The number of carbonyl (C=O) groups excluding carboxylic acids is 1. The summed E-state index contributed by atoms with van der Waals surface area (Å²) in [6, 6.07) is 19.3. The number of benzene rings is 2. The van der Waals surface area contributed by atoms with Crippen LogP contribution >= 0.6 is 0 Å². The van der Waals surface area contributed by atoms with Crippen LogP contribution in [-0.4, -0.2) is 51.1 Å². The molecule has 0 radical (unpaired) electrons. The van der Waals surface area contributed by atoms with Crippen LogP contribution in [-0.2, 0) is 20.0 Å². The van der Waals surface area contributed by atoms with Crippen LogP contribution < -0.4 is 5.32 Å². The van der Waals surface area contributed by atoms with Crippen LogP contribution in [0.5, 0.6) is 0 Å². The van der Waals surface area contributed by atoms with Gasteiger partial charge in [-0.3, -0.25) is 4.90 Å². The summed E-state index contributed by atoms with van der Waals surface area (Å²) in [6.07, 6.45) is 6.60. The molecule has 6 heteroatoms. The van der Waals surface area contributed by atoms with Gasteiger partial charge in [0, 0.05) is 45.5 Å². The Morgan fingerprint density at radius 2 is 1.78 bits per heavy atom. The van der Waals surface area contributed by atoms with Crippen molar-refractivity contribution in [2.24, 2.45) is 7.05 Å². The van der Waals surface area contributed by atoms with Gasteiger partial charge in [0.2, 0.25) is 0 Å². The highest BCUT2D eigenvalue weighted by Crippen LogP contribution is 2.36. The lowest BCUT2D eigenvalue weighted by molar-refractivity contribution is 0.0990. The lowest BCUT2D eigenvalue weighted by atomic mass is 9.89. The Balaban J connectivity index is 1.43. The molecule has 1 N–H and O–H groups in total. The summed E-state index contributed by atoms with van der Waals surface area (Å²) in [5.41, 5.74) is 4.98. The van der Waals surface area contributed by atoms with Crippen molar-refractivity contribution < 1.29 is 4.79 Å². The number of nitrogens with one attached hydrogen (secondary N) is 1. The van der Waals surface area contributed by atoms with Gasteiger partial charge < -0.3 is 14.8 Å². The fraction of sp³-hybridized carbons (Fsp3) is 0.385. The molecule has 2 aliphatic heterocycles. The molecule has 5 rings (SSSR count). The molecular formula is C26H31N5O. The molecule has 0 aliphatic carbocycles. The van der Waals surface area contributed by atoms with E-state index in [1.54, 1.807) is 0 Å². The van der Waals surface area contributed by atoms with Gasteiger partial charge in [-0.05, 0) is 36.0 Å². The van der Waals surface area contributed by atoms with Crippen molar-refractivity contribution >= 4 is 6.03 Å². The van der Waals surface area contributed by atoms with E-state index < -0.39 is 0 Å². The molecule has 166 valence electrons. The van der Waals surface area contributed by atoms with Crippen LogP contribution in [0.25, 0.3) is 0 Å². The van der Waals surface area contributed by atoms with E-state index in [9.17, 15) is 4.79 Å². The monoisotopic (exact) mass is 429 g/mol. The predicted molar refractivity (Wildman–Crippen MR) is 125 cm³/mol. The van der Waals surface area contributed by atoms with Crippen LogP contribution in [0.4, 0.5) is 4.79 Å². The first-order valence-corrected chi connectivity index (χ1v) is 11.6. The van der Waals surface area contributed by atoms with Crippen LogP contribution in [0, 0.1) is 0 Å². The normalized spacial score (nSPS) is 20.3. The van der Waals surface area contributed by atoms with Gasteiger partial charge in [-0.2, -0.15) is 0 Å². The summed E-state index contributed by atoms with van der Waals surface area (Å²) in [5, 5.41) is 3.19. The van der Waals surface area contributed by atoms with Crippen molar-refractivity contribution in [3.05, 3.63) is 89.5 Å². The number of nitrogens with zero attached hydrogens (tertiary/aromatic N) is 4. The number of rotatable bonds is 4. The van der Waals surface area contributed by atoms with Gasteiger partial charge in [-0.1, -0.05) is 54.6 Å². The van der Waals surface area contributed by atoms with E-state index >= 15 is 0 Å². The fourth-order valence-electron chi connectivity index (χ4n) is 5.16. The quantitative estimate of drug-likeness (QED) is 0.687. The number of imidazole rings is 1. The number of amides is 2. The van der Waals surface area contributed by atoms with E-state index in [1.165, 1.54) is 22.4 Å². The minimum Gasteiger partial charge on any atom is -0.338 e. The lowest BCUT2D eigenvalue weighted by Crippen LogP contribution is -2.53. The second-order valence-corrected chi connectivity index (χ2v) is 8.90. The third kappa shape index (κ3) is 4.15. The van der Waals surface area contributed by atoms with Crippen molar-refractivity contribution in [2.45, 2.75) is 37.9 Å². The summed E-state index contributed by atoms with van der Waals surface area (Å²) >= 11 is 0. The summed E-state index contributed by atoms with van der Waals surface area (Å²) in [5.74, 6) is 0. The van der Waals surface area contributed by atoms with E-state index in [2.05, 4.69) is 73.2 Å². The molecule has 3 aromatic rings. The first-order valence-electron chi connectivity index (χ1n) is 11.6. The zero-order chi connectivity index (χ0) is 21.9. The van der Waals surface area contributed by atoms with Crippen LogP contribution in [0.3, 0.4) is 0 Å². The topological polar surface area (TPSA) is 53.4 Å². The molecule has 0 saturated carbocycles. The maximum Gasteiger partial charge on any atom is 0.318 e. The molecule has 32 heavy (non-hydrogen) atoms. The van der Waals surface area contributed by atoms with Gasteiger partial charge >= 0.3 is 6.03 Å². The summed E-state index contributed by atoms with van der Waals surface area (Å²) in [6.45, 7) is 3.53. The number of fused-ring (bicyclic) bond motifs is 1. The Morgan fingerprint density at radius 3 is 2.53 bits per heavy atom. The van der Waals surface area contributed by atoms with E-state index in [4.69, 9.17) is 0 Å². The molecule has 1 aromatic heterocycles. The van der Waals surface area contributed by atoms with E-state index in [0.717, 1.165) is 38.9 Å². The first-order chi connectivity index (χ1) is 15.7. The lowest BCUT2D eigenvalue weighted by Gasteiger charge is -2.44. The zero-order valence-corrected chi connectivity index (χ0v) is 18.7. The molecule has 2 aromatic carbocycles. The molecule has 2 amide bonds. The number of piperidine rings is 1. The van der Waals surface area contributed by atoms with Crippen molar-refractivity contribution in [1.82, 2.24) is 24.7 Å². The summed E-state index contributed by atoms with van der Waals surface area (Å²) in [7, 11) is 2.04. The molecular weight excluding hydrogens is 398 g/mol. The smallest absolute Gasteiger partial charge is 0.318 e. The average Bonchev–Trinajstić information content (AvgIpc) is 3.22. The van der Waals surface area contributed by atoms with E-state index in [0.29, 0.717) is 6.54 Å². The molecule has 0 bridgehead atoms. The van der Waals surface area contributed by atoms with Gasteiger partial charge in [0.15, 0.2) is 0 Å². The van der Waals surface area contributed by atoms with Gasteiger partial charge in [-0.25, -0.2) is 9.78 Å². The summed E-state index contributed by atoms with van der Waals surface area (Å²) < 4.78 is 2.08. The van der Waals surface area contributed by atoms with E-state index in [1.807, 2.05) is 25.6 Å². The molecule has 1 saturated heterocycles. The number of hydrogen-bond acceptors (Lipinski definition) is 3. The highest BCUT2D eigenvalue weighted by atomic mass is 16.2. The number of urea groups is 1. The Labute approximate surface area is 189 Å². The van der Waals surface area contributed by atoms with Gasteiger partial charge in [0.1, 0.15) is 0 Å². The Morgan fingerprint density at radius 1 is 1.03 bits per heavy atom. The maximum absolute atomic E-state index is 13.4. The van der Waals surface area contributed by atoms with Crippen LogP contribution in [0.2, 0.25) is 0 Å². The fourth-order valence-corrected chi connectivity index (χ4v) is 5.16. The minimum atomic E-state index is -0.0682. The number of aromatic nitrogens is 2. The molecule has 1 fully saturated rings. The molecule has 1 unspecified atom stereocenters. The number of hydrogen-bond donors (Lipinski definition) is 1. The summed E-state index contributed by atoms with van der Waals surface area (Å²) in [4.78, 5) is 22.3. The number of likely N-dealkylation sites (tertiary alicyclic amines) is 1. The van der Waals surface area contributed by atoms with Crippen molar-refractivity contribution in [3.63, 3.8) is 0 Å². The third-order valence-electron chi connectivity index (χ3n) is 6.90. The van der Waals surface area contributed by atoms with Crippen LogP contribution in [0.15, 0.2) is 67.1 Å². The minimum absolute atomic E-state index is 0.0541. The average molecular weight is 430 g/mol. The second kappa shape index (κ2) is 9.17. The molecule has 0 spiro atoms. The number of aryl methyl sites for hydroxylation is 1. The molecule has 6 nitrogen and oxygen atoms in total. The van der Waals surface area contributed by atoms with E-state index in [-0.39, 0.29) is 18.1 Å². The van der Waals surface area contributed by atoms with Crippen molar-refractivity contribution in [1.29, 1.82) is 0 Å². The van der Waals surface area contributed by atoms with Gasteiger partial charge in [-0.15, -0.1) is 0 Å². The second-order valence-electron chi connectivity index (χ2n) is 8.90. The molecule has 1 atom stereocenters. The highest BCUT2D eigenvalue weighted by Gasteiger charge is 2.36. The molecule has 2 aliphatic rings. The Kier molecular flexibility index (Phi) is 5.95. The highest BCUT2D eigenvalue weighted by molar-refractivity contribution is 5.76. The van der Waals surface area contributed by atoms with Crippen molar-refractivity contribution in [2.75, 3.05) is 19.6 Å². The Bertz CT molecular complexity index is 1050. The molecule has 3 heterocycles.